The maximum atomic E-state index is 12.2. The van der Waals surface area contributed by atoms with E-state index in [1.54, 1.807) is 32.9 Å². The van der Waals surface area contributed by atoms with Crippen LogP contribution in [0.2, 0.25) is 5.02 Å². The van der Waals surface area contributed by atoms with Gasteiger partial charge in [-0.2, -0.15) is 0 Å². The maximum Gasteiger partial charge on any atom is 0.410 e. The molecule has 0 aromatic heterocycles. The standard InChI is InChI=1S/C17H22ClNO4/c1-17(2,3)23-16(22)19-9-12(14(10-19)15(20)21)8-11-4-6-13(18)7-5-11/h4-7,12,14H,8-10H2,1-3H3,(H,20,21). The number of amides is 1. The van der Waals surface area contributed by atoms with Crippen molar-refractivity contribution in [3.05, 3.63) is 34.9 Å². The van der Waals surface area contributed by atoms with Gasteiger partial charge in [0, 0.05) is 18.1 Å². The van der Waals surface area contributed by atoms with Crippen molar-refractivity contribution in [3.63, 3.8) is 0 Å². The maximum absolute atomic E-state index is 12.2. The summed E-state index contributed by atoms with van der Waals surface area (Å²) in [6.45, 7) is 5.94. The topological polar surface area (TPSA) is 66.8 Å². The zero-order valence-corrected chi connectivity index (χ0v) is 14.3. The second-order valence-electron chi connectivity index (χ2n) is 6.92. The third-order valence-corrected chi connectivity index (χ3v) is 4.07. The van der Waals surface area contributed by atoms with Gasteiger partial charge in [-0.25, -0.2) is 4.79 Å². The Morgan fingerprint density at radius 3 is 2.39 bits per heavy atom. The number of nitrogens with zero attached hydrogens (tertiary/aromatic N) is 1. The van der Waals surface area contributed by atoms with Crippen LogP contribution < -0.4 is 0 Å². The van der Waals surface area contributed by atoms with Gasteiger partial charge in [-0.05, 0) is 50.8 Å². The first-order valence-corrected chi connectivity index (χ1v) is 7.98. The highest BCUT2D eigenvalue weighted by Gasteiger charge is 2.40. The smallest absolute Gasteiger partial charge is 0.410 e. The van der Waals surface area contributed by atoms with Crippen molar-refractivity contribution < 1.29 is 19.4 Å². The van der Waals surface area contributed by atoms with Gasteiger partial charge in [0.2, 0.25) is 0 Å². The third kappa shape index (κ3) is 4.86. The Morgan fingerprint density at radius 1 is 1.26 bits per heavy atom. The highest BCUT2D eigenvalue weighted by atomic mass is 35.5. The van der Waals surface area contributed by atoms with Gasteiger partial charge in [-0.15, -0.1) is 0 Å². The van der Waals surface area contributed by atoms with E-state index in [0.717, 1.165) is 5.56 Å². The highest BCUT2D eigenvalue weighted by molar-refractivity contribution is 6.30. The van der Waals surface area contributed by atoms with E-state index >= 15 is 0 Å². The summed E-state index contributed by atoms with van der Waals surface area (Å²) in [6.07, 6.45) is 0.135. The molecule has 126 valence electrons. The molecule has 23 heavy (non-hydrogen) atoms. The molecule has 1 aromatic carbocycles. The number of halogens is 1. The molecule has 5 nitrogen and oxygen atoms in total. The average molecular weight is 340 g/mol. The minimum Gasteiger partial charge on any atom is -0.481 e. The van der Waals surface area contributed by atoms with E-state index in [0.29, 0.717) is 18.0 Å². The van der Waals surface area contributed by atoms with Crippen molar-refractivity contribution in [1.29, 1.82) is 0 Å². The molecule has 1 saturated heterocycles. The summed E-state index contributed by atoms with van der Waals surface area (Å²) in [5.74, 6) is -1.60. The number of hydrogen-bond donors (Lipinski definition) is 1. The van der Waals surface area contributed by atoms with Crippen molar-refractivity contribution >= 4 is 23.7 Å². The summed E-state index contributed by atoms with van der Waals surface area (Å²) in [5.41, 5.74) is 0.418. The quantitative estimate of drug-likeness (QED) is 0.915. The molecule has 1 fully saturated rings. The molecule has 1 aliphatic rings. The van der Waals surface area contributed by atoms with Gasteiger partial charge in [-0.3, -0.25) is 4.79 Å². The summed E-state index contributed by atoms with van der Waals surface area (Å²) in [4.78, 5) is 25.2. The fraction of sp³-hybridized carbons (Fsp3) is 0.529. The zero-order valence-electron chi connectivity index (χ0n) is 13.6. The van der Waals surface area contributed by atoms with Gasteiger partial charge in [0.05, 0.1) is 5.92 Å². The number of hydrogen-bond acceptors (Lipinski definition) is 3. The molecule has 2 unspecified atom stereocenters. The van der Waals surface area contributed by atoms with Crippen LogP contribution in [0.3, 0.4) is 0 Å². The number of carboxylic acids is 1. The van der Waals surface area contributed by atoms with E-state index in [1.165, 1.54) is 4.90 Å². The normalized spacial score (nSPS) is 21.3. The Bertz CT molecular complexity index is 579. The van der Waals surface area contributed by atoms with Crippen LogP contribution >= 0.6 is 11.6 Å². The summed E-state index contributed by atoms with van der Waals surface area (Å²) in [6, 6.07) is 7.34. The number of carboxylic acid groups (broad SMARTS) is 1. The van der Waals surface area contributed by atoms with Gasteiger partial charge in [0.25, 0.3) is 0 Å². The molecule has 2 rings (SSSR count). The number of likely N-dealkylation sites (tertiary alicyclic amines) is 1. The Kier molecular flexibility index (Phi) is 5.19. The van der Waals surface area contributed by atoms with E-state index in [2.05, 4.69) is 0 Å². The first-order chi connectivity index (χ1) is 10.7. The van der Waals surface area contributed by atoms with Gasteiger partial charge in [0.15, 0.2) is 0 Å². The number of ether oxygens (including phenoxy) is 1. The van der Waals surface area contributed by atoms with Crippen molar-refractivity contribution in [2.75, 3.05) is 13.1 Å². The van der Waals surface area contributed by atoms with Crippen molar-refractivity contribution in [2.45, 2.75) is 32.8 Å². The monoisotopic (exact) mass is 339 g/mol. The summed E-state index contributed by atoms with van der Waals surface area (Å²) in [7, 11) is 0. The van der Waals surface area contributed by atoms with Gasteiger partial charge in [-0.1, -0.05) is 23.7 Å². The van der Waals surface area contributed by atoms with Crippen LogP contribution in [0.4, 0.5) is 4.79 Å². The van der Waals surface area contributed by atoms with Crippen molar-refractivity contribution in [1.82, 2.24) is 4.90 Å². The predicted molar refractivity (Wildman–Crippen MR) is 87.6 cm³/mol. The van der Waals surface area contributed by atoms with Gasteiger partial charge < -0.3 is 14.7 Å². The van der Waals surface area contributed by atoms with Crippen LogP contribution in [-0.2, 0) is 16.0 Å². The Labute approximate surface area is 141 Å². The van der Waals surface area contributed by atoms with E-state index in [1.807, 2.05) is 12.1 Å². The van der Waals surface area contributed by atoms with E-state index in [-0.39, 0.29) is 12.5 Å². The number of rotatable bonds is 3. The molecule has 0 saturated carbocycles. The van der Waals surface area contributed by atoms with Crippen LogP contribution in [0.15, 0.2) is 24.3 Å². The second kappa shape index (κ2) is 6.79. The lowest BCUT2D eigenvalue weighted by molar-refractivity contribution is -0.142. The molecule has 0 spiro atoms. The fourth-order valence-electron chi connectivity index (χ4n) is 2.76. The van der Waals surface area contributed by atoms with Crippen molar-refractivity contribution in [2.24, 2.45) is 11.8 Å². The molecule has 1 aromatic rings. The van der Waals surface area contributed by atoms with E-state index in [4.69, 9.17) is 16.3 Å². The first kappa shape index (κ1) is 17.6. The molecule has 1 aliphatic heterocycles. The van der Waals surface area contributed by atoms with Crippen LogP contribution in [0.1, 0.15) is 26.3 Å². The van der Waals surface area contributed by atoms with E-state index in [9.17, 15) is 14.7 Å². The molecule has 0 aliphatic carbocycles. The van der Waals surface area contributed by atoms with Crippen LogP contribution in [0, 0.1) is 11.8 Å². The minimum absolute atomic E-state index is 0.138. The zero-order chi connectivity index (χ0) is 17.2. The first-order valence-electron chi connectivity index (χ1n) is 7.61. The van der Waals surface area contributed by atoms with Gasteiger partial charge in [0.1, 0.15) is 5.60 Å². The van der Waals surface area contributed by atoms with Crippen molar-refractivity contribution in [3.8, 4) is 0 Å². The molecular formula is C17H22ClNO4. The summed E-state index contributed by atoms with van der Waals surface area (Å²) < 4.78 is 5.34. The number of carbonyl (C=O) groups excluding carboxylic acids is 1. The SMILES string of the molecule is CC(C)(C)OC(=O)N1CC(Cc2ccc(Cl)cc2)C(C(=O)O)C1. The largest absolute Gasteiger partial charge is 0.481 e. The minimum atomic E-state index is -0.880. The van der Waals surface area contributed by atoms with E-state index < -0.39 is 23.6 Å². The van der Waals surface area contributed by atoms with Crippen LogP contribution in [-0.4, -0.2) is 40.8 Å². The lowest BCUT2D eigenvalue weighted by atomic mass is 9.90. The molecule has 1 amide bonds. The molecule has 0 bridgehead atoms. The molecule has 2 atom stereocenters. The fourth-order valence-corrected chi connectivity index (χ4v) is 2.88. The molecular weight excluding hydrogens is 318 g/mol. The average Bonchev–Trinajstić information content (AvgIpc) is 2.84. The number of aliphatic carboxylic acids is 1. The molecule has 0 radical (unpaired) electrons. The highest BCUT2D eigenvalue weighted by Crippen LogP contribution is 2.29. The third-order valence-electron chi connectivity index (χ3n) is 3.82. The Balaban J connectivity index is 2.07. The summed E-state index contributed by atoms with van der Waals surface area (Å²) in [5, 5.41) is 10.1. The predicted octanol–water partition coefficient (Wildman–Crippen LogP) is 3.45. The number of carbonyl (C=O) groups is 2. The van der Waals surface area contributed by atoms with Gasteiger partial charge >= 0.3 is 12.1 Å². The molecule has 1 N–H and O–H groups in total. The molecule has 1 heterocycles. The Hall–Kier alpha value is -1.75. The van der Waals surface area contributed by atoms with Crippen LogP contribution in [0.5, 0.6) is 0 Å². The molecule has 6 heteroatoms. The summed E-state index contributed by atoms with van der Waals surface area (Å²) >= 11 is 5.87. The second-order valence-corrected chi connectivity index (χ2v) is 7.36. The lowest BCUT2D eigenvalue weighted by Crippen LogP contribution is -2.36. The van der Waals surface area contributed by atoms with Crippen LogP contribution in [0.25, 0.3) is 0 Å². The number of benzene rings is 1. The Morgan fingerprint density at radius 2 is 1.87 bits per heavy atom. The lowest BCUT2D eigenvalue weighted by Gasteiger charge is -2.24.